The molecule has 1 unspecified atom stereocenters. The molecule has 74 valence electrons. The summed E-state index contributed by atoms with van der Waals surface area (Å²) in [6.07, 6.45) is 0. The molecule has 0 spiro atoms. The molecule has 13 heavy (non-hydrogen) atoms. The monoisotopic (exact) mass is 262 g/mol. The van der Waals surface area contributed by atoms with E-state index >= 15 is 0 Å². The highest BCUT2D eigenvalue weighted by atomic mass is 79.9. The van der Waals surface area contributed by atoms with Gasteiger partial charge in [-0.1, -0.05) is 13.8 Å². The molecular formula is C9H15BrN2S. The van der Waals surface area contributed by atoms with E-state index in [1.165, 1.54) is 5.00 Å². The number of thiophene rings is 1. The molecule has 0 bridgehead atoms. The van der Waals surface area contributed by atoms with Crippen LogP contribution in [0.15, 0.2) is 15.9 Å². The maximum Gasteiger partial charge on any atom is 0.0897 e. The molecule has 4 heteroatoms. The average molecular weight is 263 g/mol. The quantitative estimate of drug-likeness (QED) is 0.876. The Morgan fingerprint density at radius 2 is 2.23 bits per heavy atom. The second-order valence-electron chi connectivity index (χ2n) is 3.33. The van der Waals surface area contributed by atoms with Crippen molar-refractivity contribution in [2.75, 3.05) is 11.9 Å². The van der Waals surface area contributed by atoms with Gasteiger partial charge in [0.25, 0.3) is 0 Å². The van der Waals surface area contributed by atoms with Crippen molar-refractivity contribution >= 4 is 32.3 Å². The van der Waals surface area contributed by atoms with E-state index in [0.717, 1.165) is 3.79 Å². The number of anilines is 1. The first kappa shape index (κ1) is 11.0. The number of hydrogen-bond acceptors (Lipinski definition) is 3. The lowest BCUT2D eigenvalue weighted by atomic mass is 10.1. The number of hydrogen-bond donors (Lipinski definition) is 2. The minimum Gasteiger partial charge on any atom is -0.373 e. The molecule has 0 fully saturated rings. The van der Waals surface area contributed by atoms with Crippen molar-refractivity contribution in [1.82, 2.24) is 0 Å². The Morgan fingerprint density at radius 1 is 1.54 bits per heavy atom. The number of nitrogens with one attached hydrogen (secondary N) is 1. The van der Waals surface area contributed by atoms with Gasteiger partial charge in [0.15, 0.2) is 0 Å². The van der Waals surface area contributed by atoms with E-state index in [4.69, 9.17) is 5.73 Å². The molecule has 1 aromatic heterocycles. The molecule has 3 N–H and O–H groups in total. The fourth-order valence-corrected chi connectivity index (χ4v) is 2.42. The summed E-state index contributed by atoms with van der Waals surface area (Å²) in [5, 5.41) is 4.59. The van der Waals surface area contributed by atoms with E-state index in [-0.39, 0.29) is 0 Å². The Bertz CT molecular complexity index is 260. The third-order valence-electron chi connectivity index (χ3n) is 1.96. The number of halogens is 1. The predicted molar refractivity (Wildman–Crippen MR) is 63.3 cm³/mol. The summed E-state index contributed by atoms with van der Waals surface area (Å²) in [6.45, 7) is 5.02. The van der Waals surface area contributed by atoms with E-state index in [2.05, 4.69) is 41.2 Å². The molecule has 1 aromatic rings. The van der Waals surface area contributed by atoms with Crippen LogP contribution < -0.4 is 11.1 Å². The topological polar surface area (TPSA) is 38.0 Å². The third-order valence-corrected chi connectivity index (χ3v) is 3.51. The largest absolute Gasteiger partial charge is 0.373 e. The summed E-state index contributed by atoms with van der Waals surface area (Å²) >= 11 is 5.13. The number of rotatable bonds is 4. The van der Waals surface area contributed by atoms with Crippen molar-refractivity contribution in [3.05, 3.63) is 15.9 Å². The molecule has 0 aliphatic carbocycles. The van der Waals surface area contributed by atoms with Gasteiger partial charge < -0.3 is 11.1 Å². The Hall–Kier alpha value is -0.0600. The minimum absolute atomic E-state index is 0.366. The van der Waals surface area contributed by atoms with Crippen LogP contribution in [0.1, 0.15) is 13.8 Å². The summed E-state index contributed by atoms with van der Waals surface area (Å²) in [7, 11) is 0. The van der Waals surface area contributed by atoms with Crippen molar-refractivity contribution in [1.29, 1.82) is 0 Å². The van der Waals surface area contributed by atoms with Gasteiger partial charge in [-0.05, 0) is 34.0 Å². The maximum atomic E-state index is 5.66. The van der Waals surface area contributed by atoms with E-state index in [0.29, 0.717) is 18.5 Å². The zero-order valence-electron chi connectivity index (χ0n) is 7.88. The SMILES string of the molecule is CC(C)C(CN)Nc1ccc(Br)s1. The van der Waals surface area contributed by atoms with Gasteiger partial charge in [0.1, 0.15) is 0 Å². The Morgan fingerprint density at radius 3 is 2.62 bits per heavy atom. The third kappa shape index (κ3) is 3.29. The molecule has 1 heterocycles. The van der Waals surface area contributed by atoms with Crippen LogP contribution in [0.2, 0.25) is 0 Å². The molecular weight excluding hydrogens is 248 g/mol. The van der Waals surface area contributed by atoms with Gasteiger partial charge in [-0.25, -0.2) is 0 Å². The summed E-state index contributed by atoms with van der Waals surface area (Å²) in [5.41, 5.74) is 5.66. The van der Waals surface area contributed by atoms with Crippen LogP contribution in [0, 0.1) is 5.92 Å². The Balaban J connectivity index is 2.56. The van der Waals surface area contributed by atoms with Crippen LogP contribution in [-0.2, 0) is 0 Å². The average Bonchev–Trinajstić information content (AvgIpc) is 2.46. The van der Waals surface area contributed by atoms with Crippen LogP contribution >= 0.6 is 27.3 Å². The molecule has 0 aliphatic rings. The van der Waals surface area contributed by atoms with E-state index in [1.807, 2.05) is 6.07 Å². The molecule has 0 aliphatic heterocycles. The van der Waals surface area contributed by atoms with Gasteiger partial charge in [-0.2, -0.15) is 0 Å². The van der Waals surface area contributed by atoms with E-state index in [9.17, 15) is 0 Å². The highest BCUT2D eigenvalue weighted by Gasteiger charge is 2.11. The number of nitrogens with two attached hydrogens (primary N) is 1. The highest BCUT2D eigenvalue weighted by Crippen LogP contribution is 2.27. The van der Waals surface area contributed by atoms with E-state index < -0.39 is 0 Å². The van der Waals surface area contributed by atoms with Gasteiger partial charge in [-0.15, -0.1) is 11.3 Å². The summed E-state index contributed by atoms with van der Waals surface area (Å²) in [4.78, 5) is 0. The lowest BCUT2D eigenvalue weighted by molar-refractivity contribution is 0.532. The van der Waals surface area contributed by atoms with Gasteiger partial charge >= 0.3 is 0 Å². The normalized spacial score (nSPS) is 13.3. The van der Waals surface area contributed by atoms with Gasteiger partial charge in [0, 0.05) is 12.6 Å². The summed E-state index contributed by atoms with van der Waals surface area (Å²) in [5.74, 6) is 0.561. The fourth-order valence-electron chi connectivity index (χ4n) is 1.07. The van der Waals surface area contributed by atoms with Crippen LogP contribution in [0.4, 0.5) is 5.00 Å². The fraction of sp³-hybridized carbons (Fsp3) is 0.556. The molecule has 0 radical (unpaired) electrons. The summed E-state index contributed by atoms with van der Waals surface area (Å²) in [6, 6.07) is 4.48. The van der Waals surface area contributed by atoms with Crippen molar-refractivity contribution in [3.63, 3.8) is 0 Å². The second kappa shape index (κ2) is 4.98. The minimum atomic E-state index is 0.366. The molecule has 2 nitrogen and oxygen atoms in total. The van der Waals surface area contributed by atoms with Gasteiger partial charge in [-0.3, -0.25) is 0 Å². The standard InChI is InChI=1S/C9H15BrN2S/c1-6(2)7(5-11)12-9-4-3-8(10)13-9/h3-4,6-7,12H,5,11H2,1-2H3. The van der Waals surface area contributed by atoms with Crippen LogP contribution in [-0.4, -0.2) is 12.6 Å². The van der Waals surface area contributed by atoms with Gasteiger partial charge in [0.2, 0.25) is 0 Å². The Kier molecular flexibility index (Phi) is 4.22. The lowest BCUT2D eigenvalue weighted by Gasteiger charge is -2.20. The smallest absolute Gasteiger partial charge is 0.0897 e. The lowest BCUT2D eigenvalue weighted by Crippen LogP contribution is -2.33. The van der Waals surface area contributed by atoms with Crippen LogP contribution in [0.25, 0.3) is 0 Å². The molecule has 0 amide bonds. The van der Waals surface area contributed by atoms with Crippen molar-refractivity contribution in [2.45, 2.75) is 19.9 Å². The zero-order chi connectivity index (χ0) is 9.84. The summed E-state index contributed by atoms with van der Waals surface area (Å²) < 4.78 is 1.15. The molecule has 0 aromatic carbocycles. The second-order valence-corrected chi connectivity index (χ2v) is 5.80. The highest BCUT2D eigenvalue weighted by molar-refractivity contribution is 9.11. The van der Waals surface area contributed by atoms with Crippen LogP contribution in [0.3, 0.4) is 0 Å². The first-order chi connectivity index (χ1) is 6.13. The predicted octanol–water partition coefficient (Wildman–Crippen LogP) is 2.91. The van der Waals surface area contributed by atoms with Gasteiger partial charge in [0.05, 0.1) is 8.79 Å². The first-order valence-electron chi connectivity index (χ1n) is 4.35. The molecule has 1 rings (SSSR count). The van der Waals surface area contributed by atoms with E-state index in [1.54, 1.807) is 11.3 Å². The molecule has 0 saturated carbocycles. The molecule has 1 atom stereocenters. The maximum absolute atomic E-state index is 5.66. The first-order valence-corrected chi connectivity index (χ1v) is 5.96. The van der Waals surface area contributed by atoms with Crippen molar-refractivity contribution in [2.24, 2.45) is 11.7 Å². The van der Waals surface area contributed by atoms with Crippen molar-refractivity contribution < 1.29 is 0 Å². The zero-order valence-corrected chi connectivity index (χ0v) is 10.3. The molecule has 0 saturated heterocycles. The van der Waals surface area contributed by atoms with Crippen molar-refractivity contribution in [3.8, 4) is 0 Å². The Labute approximate surface area is 91.7 Å². The van der Waals surface area contributed by atoms with Crippen LogP contribution in [0.5, 0.6) is 0 Å².